The first-order valence-corrected chi connectivity index (χ1v) is 6.69. The zero-order chi connectivity index (χ0) is 14.9. The van der Waals surface area contributed by atoms with Gasteiger partial charge >= 0.3 is 0 Å². The van der Waals surface area contributed by atoms with Gasteiger partial charge in [-0.1, -0.05) is 23.7 Å². The second-order valence-electron chi connectivity index (χ2n) is 4.80. The second kappa shape index (κ2) is 5.81. The highest BCUT2D eigenvalue weighted by atomic mass is 35.5. The van der Waals surface area contributed by atoms with Gasteiger partial charge in [-0.25, -0.2) is 4.39 Å². The Morgan fingerprint density at radius 2 is 1.75 bits per heavy atom. The van der Waals surface area contributed by atoms with E-state index in [1.165, 1.54) is 6.07 Å². The molecule has 0 aliphatic carbocycles. The summed E-state index contributed by atoms with van der Waals surface area (Å²) in [5.74, 6) is 0.106. The van der Waals surface area contributed by atoms with E-state index in [9.17, 15) is 9.50 Å². The summed E-state index contributed by atoms with van der Waals surface area (Å²) in [5, 5.41) is 10.3. The monoisotopic (exact) mass is 294 g/mol. The minimum atomic E-state index is -0.811. The van der Waals surface area contributed by atoms with Crippen LogP contribution in [0.3, 0.4) is 0 Å². The second-order valence-corrected chi connectivity index (χ2v) is 5.24. The molecular weight excluding hydrogens is 279 g/mol. The minimum Gasteiger partial charge on any atom is -0.453 e. The molecule has 0 aliphatic rings. The summed E-state index contributed by atoms with van der Waals surface area (Å²) < 4.78 is 19.7. The van der Waals surface area contributed by atoms with Gasteiger partial charge in [-0.2, -0.15) is 0 Å². The summed E-state index contributed by atoms with van der Waals surface area (Å²) >= 11 is 5.97. The van der Waals surface area contributed by atoms with Crippen molar-refractivity contribution in [2.45, 2.75) is 26.9 Å². The molecule has 0 amide bonds. The smallest absolute Gasteiger partial charge is 0.168 e. The third-order valence-electron chi connectivity index (χ3n) is 3.08. The lowest BCUT2D eigenvalue weighted by atomic mass is 10.1. The van der Waals surface area contributed by atoms with Crippen LogP contribution in [0.5, 0.6) is 11.5 Å². The molecule has 0 fully saturated rings. The fourth-order valence-electron chi connectivity index (χ4n) is 2.12. The Hall–Kier alpha value is -1.58. The lowest BCUT2D eigenvalue weighted by Gasteiger charge is -2.17. The molecule has 1 N–H and O–H groups in total. The van der Waals surface area contributed by atoms with Gasteiger partial charge in [-0.05, 0) is 50.1 Å². The van der Waals surface area contributed by atoms with Crippen molar-refractivity contribution in [2.24, 2.45) is 0 Å². The Morgan fingerprint density at radius 1 is 1.15 bits per heavy atom. The molecule has 0 bridgehead atoms. The highest BCUT2D eigenvalue weighted by Crippen LogP contribution is 2.36. The summed E-state index contributed by atoms with van der Waals surface area (Å²) in [4.78, 5) is 0. The molecule has 2 aromatic rings. The van der Waals surface area contributed by atoms with E-state index in [0.717, 1.165) is 11.1 Å². The Labute approximate surface area is 122 Å². The standard InChI is InChI=1S/C16H16ClFO2/c1-9-7-12(17)8-10(2)15(9)20-16-13(11(3)19)5-4-6-14(16)18/h4-8,11,19H,1-3H3. The number of rotatable bonds is 3. The highest BCUT2D eigenvalue weighted by molar-refractivity contribution is 6.30. The van der Waals surface area contributed by atoms with Crippen molar-refractivity contribution in [3.63, 3.8) is 0 Å². The van der Waals surface area contributed by atoms with Gasteiger partial charge in [0.05, 0.1) is 6.10 Å². The van der Waals surface area contributed by atoms with Crippen molar-refractivity contribution in [1.82, 2.24) is 0 Å². The topological polar surface area (TPSA) is 29.5 Å². The van der Waals surface area contributed by atoms with E-state index in [4.69, 9.17) is 16.3 Å². The van der Waals surface area contributed by atoms with E-state index in [-0.39, 0.29) is 5.75 Å². The summed E-state index contributed by atoms with van der Waals surface area (Å²) in [6.07, 6.45) is -0.811. The molecule has 2 aromatic carbocycles. The number of aliphatic hydroxyl groups excluding tert-OH is 1. The average Bonchev–Trinajstić information content (AvgIpc) is 2.34. The molecule has 20 heavy (non-hydrogen) atoms. The Balaban J connectivity index is 2.51. The first kappa shape index (κ1) is 14.8. The van der Waals surface area contributed by atoms with E-state index in [2.05, 4.69) is 0 Å². The van der Waals surface area contributed by atoms with Gasteiger partial charge in [0.25, 0.3) is 0 Å². The van der Waals surface area contributed by atoms with E-state index >= 15 is 0 Å². The van der Waals surface area contributed by atoms with Crippen molar-refractivity contribution < 1.29 is 14.2 Å². The molecule has 0 aromatic heterocycles. The molecule has 0 radical (unpaired) electrons. The van der Waals surface area contributed by atoms with Crippen molar-refractivity contribution in [3.8, 4) is 11.5 Å². The maximum Gasteiger partial charge on any atom is 0.168 e. The molecule has 1 unspecified atom stereocenters. The SMILES string of the molecule is Cc1cc(Cl)cc(C)c1Oc1c(F)cccc1C(C)O. The number of benzene rings is 2. The van der Waals surface area contributed by atoms with Crippen molar-refractivity contribution in [1.29, 1.82) is 0 Å². The molecule has 0 spiro atoms. The molecular formula is C16H16ClFO2. The molecule has 4 heteroatoms. The normalized spacial score (nSPS) is 12.3. The van der Waals surface area contributed by atoms with Crippen LogP contribution in [0.2, 0.25) is 5.02 Å². The van der Waals surface area contributed by atoms with E-state index in [1.807, 2.05) is 13.8 Å². The van der Waals surface area contributed by atoms with Crippen LogP contribution in [-0.2, 0) is 0 Å². The predicted molar refractivity (Wildman–Crippen MR) is 78.0 cm³/mol. The van der Waals surface area contributed by atoms with Crippen LogP contribution in [-0.4, -0.2) is 5.11 Å². The summed E-state index contributed by atoms with van der Waals surface area (Å²) in [6, 6.07) is 8.01. The zero-order valence-corrected chi connectivity index (χ0v) is 12.3. The predicted octanol–water partition coefficient (Wildman–Crippen LogP) is 4.94. The Morgan fingerprint density at radius 3 is 2.30 bits per heavy atom. The molecule has 2 rings (SSSR count). The molecule has 0 aliphatic heterocycles. The van der Waals surface area contributed by atoms with Crippen molar-refractivity contribution in [3.05, 3.63) is 57.9 Å². The fraction of sp³-hybridized carbons (Fsp3) is 0.250. The molecule has 1 atom stereocenters. The number of hydrogen-bond donors (Lipinski definition) is 1. The molecule has 2 nitrogen and oxygen atoms in total. The number of halogens is 2. The maximum atomic E-state index is 14.0. The van der Waals surface area contributed by atoms with Gasteiger partial charge in [-0.3, -0.25) is 0 Å². The first-order valence-electron chi connectivity index (χ1n) is 6.31. The van der Waals surface area contributed by atoms with Crippen LogP contribution in [0.25, 0.3) is 0 Å². The first-order chi connectivity index (χ1) is 9.40. The van der Waals surface area contributed by atoms with Crippen LogP contribution in [0.4, 0.5) is 4.39 Å². The quantitative estimate of drug-likeness (QED) is 0.868. The summed E-state index contributed by atoms with van der Waals surface area (Å²) in [6.45, 7) is 5.26. The van der Waals surface area contributed by atoms with E-state index < -0.39 is 11.9 Å². The van der Waals surface area contributed by atoms with Crippen molar-refractivity contribution >= 4 is 11.6 Å². The summed E-state index contributed by atoms with van der Waals surface area (Å²) in [5.41, 5.74) is 2.04. The van der Waals surface area contributed by atoms with Gasteiger partial charge in [0, 0.05) is 10.6 Å². The average molecular weight is 295 g/mol. The fourth-order valence-corrected chi connectivity index (χ4v) is 2.45. The van der Waals surface area contributed by atoms with E-state index in [1.54, 1.807) is 31.2 Å². The largest absolute Gasteiger partial charge is 0.453 e. The van der Waals surface area contributed by atoms with E-state index in [0.29, 0.717) is 16.3 Å². The lowest BCUT2D eigenvalue weighted by Crippen LogP contribution is -2.00. The van der Waals surface area contributed by atoms with Gasteiger partial charge < -0.3 is 9.84 Å². The van der Waals surface area contributed by atoms with Gasteiger partial charge in [0.15, 0.2) is 11.6 Å². The maximum absolute atomic E-state index is 14.0. The van der Waals surface area contributed by atoms with Gasteiger partial charge in [0.1, 0.15) is 5.75 Å². The van der Waals surface area contributed by atoms with Crippen LogP contribution >= 0.6 is 11.6 Å². The van der Waals surface area contributed by atoms with Crippen LogP contribution in [0.15, 0.2) is 30.3 Å². The number of para-hydroxylation sites is 1. The number of aliphatic hydroxyl groups is 1. The summed E-state index contributed by atoms with van der Waals surface area (Å²) in [7, 11) is 0. The van der Waals surface area contributed by atoms with Crippen molar-refractivity contribution in [2.75, 3.05) is 0 Å². The number of aryl methyl sites for hydroxylation is 2. The molecule has 106 valence electrons. The van der Waals surface area contributed by atoms with Crippen LogP contribution in [0, 0.1) is 19.7 Å². The third kappa shape index (κ3) is 2.94. The third-order valence-corrected chi connectivity index (χ3v) is 3.29. The minimum absolute atomic E-state index is 0.0519. The number of ether oxygens (including phenoxy) is 1. The number of hydrogen-bond acceptors (Lipinski definition) is 2. The lowest BCUT2D eigenvalue weighted by molar-refractivity contribution is 0.194. The highest BCUT2D eigenvalue weighted by Gasteiger charge is 2.17. The Bertz CT molecular complexity index is 615. The van der Waals surface area contributed by atoms with Gasteiger partial charge in [-0.15, -0.1) is 0 Å². The van der Waals surface area contributed by atoms with Crippen LogP contribution in [0.1, 0.15) is 29.7 Å². The zero-order valence-electron chi connectivity index (χ0n) is 11.6. The molecule has 0 saturated heterocycles. The van der Waals surface area contributed by atoms with Crippen LogP contribution < -0.4 is 4.74 Å². The van der Waals surface area contributed by atoms with Gasteiger partial charge in [0.2, 0.25) is 0 Å². The molecule has 0 saturated carbocycles. The Kier molecular flexibility index (Phi) is 4.31. The molecule has 0 heterocycles.